The van der Waals surface area contributed by atoms with Gasteiger partial charge in [-0.25, -0.2) is 4.98 Å². The maximum atomic E-state index is 9.92. The summed E-state index contributed by atoms with van der Waals surface area (Å²) in [5.74, 6) is 0. The minimum absolute atomic E-state index is 0.524. The highest BCUT2D eigenvalue weighted by Crippen LogP contribution is 2.28. The van der Waals surface area contributed by atoms with Gasteiger partial charge in [-0.05, 0) is 31.2 Å². The van der Waals surface area contributed by atoms with E-state index >= 15 is 0 Å². The van der Waals surface area contributed by atoms with Gasteiger partial charge in [0, 0.05) is 10.0 Å². The molecule has 4 heteroatoms. The van der Waals surface area contributed by atoms with E-state index in [1.165, 1.54) is 0 Å². The molecule has 0 radical (unpaired) electrons. The number of hydrogen-bond donors (Lipinski definition) is 1. The molecular formula is C15H13BrN2O. The average molecular weight is 317 g/mol. The van der Waals surface area contributed by atoms with Crippen LogP contribution in [0.25, 0.3) is 16.7 Å². The molecule has 0 aliphatic rings. The first-order chi connectivity index (χ1) is 9.16. The molecule has 0 fully saturated rings. The second kappa shape index (κ2) is 4.79. The fourth-order valence-corrected chi connectivity index (χ4v) is 2.58. The number of aromatic nitrogens is 2. The topological polar surface area (TPSA) is 38.0 Å². The van der Waals surface area contributed by atoms with Crippen molar-refractivity contribution in [3.63, 3.8) is 0 Å². The van der Waals surface area contributed by atoms with Crippen LogP contribution in [-0.4, -0.2) is 14.7 Å². The van der Waals surface area contributed by atoms with Crippen LogP contribution in [0.15, 0.2) is 53.3 Å². The number of para-hydroxylation sites is 2. The summed E-state index contributed by atoms with van der Waals surface area (Å²) in [6.45, 7) is 1.77. The molecule has 0 aliphatic carbocycles. The first kappa shape index (κ1) is 12.4. The molecule has 1 unspecified atom stereocenters. The van der Waals surface area contributed by atoms with Gasteiger partial charge < -0.3 is 5.11 Å². The molecular weight excluding hydrogens is 304 g/mol. The summed E-state index contributed by atoms with van der Waals surface area (Å²) in [5.41, 5.74) is 3.80. The lowest BCUT2D eigenvalue weighted by molar-refractivity contribution is 0.199. The zero-order valence-electron chi connectivity index (χ0n) is 10.4. The Bertz CT molecular complexity index is 734. The third-order valence-electron chi connectivity index (χ3n) is 3.16. The summed E-state index contributed by atoms with van der Waals surface area (Å²) in [4.78, 5) is 4.39. The van der Waals surface area contributed by atoms with Gasteiger partial charge in [-0.3, -0.25) is 4.57 Å². The monoisotopic (exact) mass is 316 g/mol. The van der Waals surface area contributed by atoms with Crippen LogP contribution in [0.5, 0.6) is 0 Å². The van der Waals surface area contributed by atoms with Gasteiger partial charge in [0.15, 0.2) is 0 Å². The predicted molar refractivity (Wildman–Crippen MR) is 79.4 cm³/mol. The van der Waals surface area contributed by atoms with Gasteiger partial charge in [0.1, 0.15) is 6.33 Å². The number of benzene rings is 2. The average Bonchev–Trinajstić information content (AvgIpc) is 2.82. The van der Waals surface area contributed by atoms with Gasteiger partial charge in [0.2, 0.25) is 0 Å². The Balaban J connectivity index is 2.29. The lowest BCUT2D eigenvalue weighted by atomic mass is 10.1. The summed E-state index contributed by atoms with van der Waals surface area (Å²) < 4.78 is 2.98. The molecule has 0 bridgehead atoms. The van der Waals surface area contributed by atoms with Crippen LogP contribution in [0.4, 0.5) is 0 Å². The standard InChI is InChI=1S/C15H13BrN2O/c1-10(19)12-7-6-11(16)8-15(12)18-9-17-13-4-2-3-5-14(13)18/h2-10,19H,1H3. The summed E-state index contributed by atoms with van der Waals surface area (Å²) in [5, 5.41) is 9.92. The van der Waals surface area contributed by atoms with Gasteiger partial charge >= 0.3 is 0 Å². The van der Waals surface area contributed by atoms with Gasteiger partial charge in [0.05, 0.1) is 22.8 Å². The summed E-state index contributed by atoms with van der Waals surface area (Å²) in [7, 11) is 0. The first-order valence-electron chi connectivity index (χ1n) is 6.07. The van der Waals surface area contributed by atoms with Crippen molar-refractivity contribution in [1.29, 1.82) is 0 Å². The molecule has 96 valence electrons. The van der Waals surface area contributed by atoms with Gasteiger partial charge in [-0.2, -0.15) is 0 Å². The van der Waals surface area contributed by atoms with E-state index in [4.69, 9.17) is 0 Å². The highest BCUT2D eigenvalue weighted by molar-refractivity contribution is 9.10. The quantitative estimate of drug-likeness (QED) is 0.780. The molecule has 3 nitrogen and oxygen atoms in total. The highest BCUT2D eigenvalue weighted by atomic mass is 79.9. The molecule has 1 N–H and O–H groups in total. The SMILES string of the molecule is CC(O)c1ccc(Br)cc1-n1cnc2ccccc21. The smallest absolute Gasteiger partial charge is 0.100 e. The lowest BCUT2D eigenvalue weighted by Crippen LogP contribution is -2.01. The Kier molecular flexibility index (Phi) is 3.12. The van der Waals surface area contributed by atoms with Crippen molar-refractivity contribution in [1.82, 2.24) is 9.55 Å². The number of aliphatic hydroxyl groups excluding tert-OH is 1. The van der Waals surface area contributed by atoms with Gasteiger partial charge in [-0.1, -0.05) is 34.1 Å². The molecule has 19 heavy (non-hydrogen) atoms. The van der Waals surface area contributed by atoms with Crippen LogP contribution in [0.1, 0.15) is 18.6 Å². The van der Waals surface area contributed by atoms with Crippen LogP contribution < -0.4 is 0 Å². The highest BCUT2D eigenvalue weighted by Gasteiger charge is 2.12. The Morgan fingerprint density at radius 3 is 2.79 bits per heavy atom. The Hall–Kier alpha value is -1.65. The molecule has 1 aromatic heterocycles. The molecule has 2 aromatic carbocycles. The number of nitrogens with zero attached hydrogens (tertiary/aromatic N) is 2. The fraction of sp³-hybridized carbons (Fsp3) is 0.133. The number of hydrogen-bond acceptors (Lipinski definition) is 2. The summed E-state index contributed by atoms with van der Waals surface area (Å²) in [6.07, 6.45) is 1.27. The van der Waals surface area contributed by atoms with E-state index in [-0.39, 0.29) is 0 Å². The zero-order valence-corrected chi connectivity index (χ0v) is 12.0. The second-order valence-electron chi connectivity index (χ2n) is 4.48. The van der Waals surface area contributed by atoms with E-state index in [1.54, 1.807) is 13.3 Å². The number of halogens is 1. The number of aliphatic hydroxyl groups is 1. The molecule has 3 aromatic rings. The van der Waals surface area contributed by atoms with Crippen molar-refractivity contribution in [3.8, 4) is 5.69 Å². The fourth-order valence-electron chi connectivity index (χ4n) is 2.23. The van der Waals surface area contributed by atoms with Crippen LogP contribution in [0.3, 0.4) is 0 Å². The van der Waals surface area contributed by atoms with Crippen molar-refractivity contribution in [2.75, 3.05) is 0 Å². The molecule has 0 spiro atoms. The molecule has 0 saturated carbocycles. The largest absolute Gasteiger partial charge is 0.389 e. The zero-order chi connectivity index (χ0) is 13.4. The Labute approximate surface area is 119 Å². The van der Waals surface area contributed by atoms with Crippen molar-refractivity contribution < 1.29 is 5.11 Å². The van der Waals surface area contributed by atoms with E-state index in [9.17, 15) is 5.11 Å². The number of imidazole rings is 1. The van der Waals surface area contributed by atoms with Crippen molar-refractivity contribution >= 4 is 27.0 Å². The third kappa shape index (κ3) is 2.17. The molecule has 0 saturated heterocycles. The number of fused-ring (bicyclic) bond motifs is 1. The maximum Gasteiger partial charge on any atom is 0.100 e. The van der Waals surface area contributed by atoms with Gasteiger partial charge in [0.25, 0.3) is 0 Å². The van der Waals surface area contributed by atoms with E-state index in [2.05, 4.69) is 20.9 Å². The second-order valence-corrected chi connectivity index (χ2v) is 5.40. The van der Waals surface area contributed by atoms with Crippen LogP contribution >= 0.6 is 15.9 Å². The third-order valence-corrected chi connectivity index (χ3v) is 3.65. The predicted octanol–water partition coefficient (Wildman–Crippen LogP) is 3.84. The van der Waals surface area contributed by atoms with E-state index in [0.717, 1.165) is 26.8 Å². The van der Waals surface area contributed by atoms with E-state index in [1.807, 2.05) is 47.0 Å². The van der Waals surface area contributed by atoms with E-state index in [0.29, 0.717) is 0 Å². The minimum atomic E-state index is -0.524. The van der Waals surface area contributed by atoms with Gasteiger partial charge in [-0.15, -0.1) is 0 Å². The van der Waals surface area contributed by atoms with E-state index < -0.39 is 6.10 Å². The Morgan fingerprint density at radius 1 is 1.21 bits per heavy atom. The molecule has 3 rings (SSSR count). The number of rotatable bonds is 2. The van der Waals surface area contributed by atoms with Crippen LogP contribution in [-0.2, 0) is 0 Å². The molecule has 0 amide bonds. The summed E-state index contributed by atoms with van der Waals surface area (Å²) in [6, 6.07) is 13.8. The normalized spacial score (nSPS) is 12.8. The lowest BCUT2D eigenvalue weighted by Gasteiger charge is -2.14. The molecule has 0 aliphatic heterocycles. The van der Waals surface area contributed by atoms with Crippen molar-refractivity contribution in [3.05, 3.63) is 58.8 Å². The van der Waals surface area contributed by atoms with Crippen LogP contribution in [0, 0.1) is 0 Å². The van der Waals surface area contributed by atoms with Crippen molar-refractivity contribution in [2.45, 2.75) is 13.0 Å². The Morgan fingerprint density at radius 2 is 2.00 bits per heavy atom. The molecule has 1 heterocycles. The summed E-state index contributed by atoms with van der Waals surface area (Å²) >= 11 is 3.48. The minimum Gasteiger partial charge on any atom is -0.389 e. The molecule has 1 atom stereocenters. The van der Waals surface area contributed by atoms with Crippen LogP contribution in [0.2, 0.25) is 0 Å². The maximum absolute atomic E-state index is 9.92. The first-order valence-corrected chi connectivity index (χ1v) is 6.86. The van der Waals surface area contributed by atoms with Crippen molar-refractivity contribution in [2.24, 2.45) is 0 Å².